The Morgan fingerprint density at radius 2 is 1.65 bits per heavy atom. The van der Waals surface area contributed by atoms with Gasteiger partial charge in [0.15, 0.2) is 11.5 Å². The van der Waals surface area contributed by atoms with Gasteiger partial charge in [-0.2, -0.15) is 0 Å². The highest BCUT2D eigenvalue weighted by molar-refractivity contribution is 6.39. The molecule has 2 N–H and O–H groups in total. The highest BCUT2D eigenvalue weighted by Crippen LogP contribution is 2.29. The smallest absolute Gasteiger partial charge is 0.313 e. The monoisotopic (exact) mass is 358 g/mol. The summed E-state index contributed by atoms with van der Waals surface area (Å²) >= 11 is 0. The molecule has 0 radical (unpaired) electrons. The van der Waals surface area contributed by atoms with E-state index in [1.165, 1.54) is 14.2 Å². The van der Waals surface area contributed by atoms with E-state index in [-0.39, 0.29) is 0 Å². The molecule has 0 aliphatic heterocycles. The van der Waals surface area contributed by atoms with Crippen LogP contribution in [0.15, 0.2) is 42.5 Å². The van der Waals surface area contributed by atoms with Crippen molar-refractivity contribution in [1.82, 2.24) is 5.32 Å². The van der Waals surface area contributed by atoms with Gasteiger partial charge in [-0.1, -0.05) is 12.1 Å². The van der Waals surface area contributed by atoms with Crippen LogP contribution in [0.25, 0.3) is 0 Å². The molecule has 2 aromatic carbocycles. The lowest BCUT2D eigenvalue weighted by Gasteiger charge is -2.11. The number of nitrogens with one attached hydrogen (secondary N) is 2. The molecule has 0 bridgehead atoms. The second-order valence-corrected chi connectivity index (χ2v) is 5.38. The van der Waals surface area contributed by atoms with Crippen LogP contribution in [0.5, 0.6) is 17.2 Å². The summed E-state index contributed by atoms with van der Waals surface area (Å²) in [4.78, 5) is 23.9. The van der Waals surface area contributed by atoms with Crippen molar-refractivity contribution >= 4 is 17.5 Å². The minimum absolute atomic E-state index is 0.339. The maximum absolute atomic E-state index is 12.0. The third kappa shape index (κ3) is 5.14. The van der Waals surface area contributed by atoms with Crippen LogP contribution in [0.1, 0.15) is 5.56 Å². The molecule has 0 aliphatic carbocycles. The molecule has 7 heteroatoms. The predicted molar refractivity (Wildman–Crippen MR) is 97.9 cm³/mol. The lowest BCUT2D eigenvalue weighted by Crippen LogP contribution is -2.36. The fourth-order valence-corrected chi connectivity index (χ4v) is 2.33. The summed E-state index contributed by atoms with van der Waals surface area (Å²) in [5.74, 6) is 0.294. The first kappa shape index (κ1) is 19.1. The third-order valence-corrected chi connectivity index (χ3v) is 3.68. The summed E-state index contributed by atoms with van der Waals surface area (Å²) in [6, 6.07) is 12.4. The van der Waals surface area contributed by atoms with Gasteiger partial charge in [-0.05, 0) is 36.2 Å². The lowest BCUT2D eigenvalue weighted by atomic mass is 10.1. The first-order valence-corrected chi connectivity index (χ1v) is 8.01. The molecule has 0 fully saturated rings. The molecule has 0 unspecified atom stereocenters. The topological polar surface area (TPSA) is 85.9 Å². The quantitative estimate of drug-likeness (QED) is 0.740. The first-order chi connectivity index (χ1) is 12.6. The Hall–Kier alpha value is -3.22. The van der Waals surface area contributed by atoms with Crippen molar-refractivity contribution in [3.63, 3.8) is 0 Å². The fourth-order valence-electron chi connectivity index (χ4n) is 2.33. The van der Waals surface area contributed by atoms with Gasteiger partial charge in [0.25, 0.3) is 0 Å². The second-order valence-electron chi connectivity index (χ2n) is 5.38. The van der Waals surface area contributed by atoms with Crippen LogP contribution >= 0.6 is 0 Å². The second kappa shape index (κ2) is 9.31. The summed E-state index contributed by atoms with van der Waals surface area (Å²) in [6.45, 7) is 0.339. The van der Waals surface area contributed by atoms with Gasteiger partial charge in [-0.3, -0.25) is 9.59 Å². The van der Waals surface area contributed by atoms with Gasteiger partial charge < -0.3 is 24.8 Å². The number of carbonyl (C=O) groups excluding carboxylic acids is 2. The van der Waals surface area contributed by atoms with E-state index < -0.39 is 11.8 Å². The molecule has 0 spiro atoms. The van der Waals surface area contributed by atoms with Gasteiger partial charge in [0.2, 0.25) is 0 Å². The number of amides is 2. The van der Waals surface area contributed by atoms with E-state index in [1.54, 1.807) is 25.3 Å². The van der Waals surface area contributed by atoms with Gasteiger partial charge in [0, 0.05) is 18.3 Å². The van der Waals surface area contributed by atoms with E-state index in [4.69, 9.17) is 14.2 Å². The Labute approximate surface area is 152 Å². The number of rotatable bonds is 7. The zero-order valence-electron chi connectivity index (χ0n) is 15.0. The van der Waals surface area contributed by atoms with E-state index in [0.717, 1.165) is 11.3 Å². The molecule has 2 aromatic rings. The normalized spacial score (nSPS) is 9.96. The number of anilines is 1. The molecule has 2 rings (SSSR count). The first-order valence-electron chi connectivity index (χ1n) is 8.01. The van der Waals surface area contributed by atoms with Crippen molar-refractivity contribution in [3.05, 3.63) is 48.0 Å². The maximum atomic E-state index is 12.0. The van der Waals surface area contributed by atoms with Gasteiger partial charge >= 0.3 is 11.8 Å². The molecular formula is C19H22N2O5. The maximum Gasteiger partial charge on any atom is 0.313 e. The average molecular weight is 358 g/mol. The number of methoxy groups -OCH3 is 3. The number of carbonyl (C=O) groups is 2. The Kier molecular flexibility index (Phi) is 6.84. The third-order valence-electron chi connectivity index (χ3n) is 3.68. The number of benzene rings is 2. The molecule has 0 heterocycles. The Morgan fingerprint density at radius 3 is 2.35 bits per heavy atom. The highest BCUT2D eigenvalue weighted by atomic mass is 16.5. The highest BCUT2D eigenvalue weighted by Gasteiger charge is 2.14. The van der Waals surface area contributed by atoms with Crippen LogP contribution in [0.3, 0.4) is 0 Å². The van der Waals surface area contributed by atoms with Crippen molar-refractivity contribution in [1.29, 1.82) is 0 Å². The molecule has 0 saturated heterocycles. The van der Waals surface area contributed by atoms with Crippen molar-refractivity contribution in [2.75, 3.05) is 33.2 Å². The molecule has 26 heavy (non-hydrogen) atoms. The number of hydrogen-bond donors (Lipinski definition) is 2. The van der Waals surface area contributed by atoms with Crippen molar-refractivity contribution < 1.29 is 23.8 Å². The molecule has 7 nitrogen and oxygen atoms in total. The van der Waals surface area contributed by atoms with E-state index in [1.807, 2.05) is 24.3 Å². The fraction of sp³-hybridized carbons (Fsp3) is 0.263. The number of ether oxygens (including phenoxy) is 3. The summed E-state index contributed by atoms with van der Waals surface area (Å²) in [6.07, 6.45) is 0.590. The minimum Gasteiger partial charge on any atom is -0.497 e. The van der Waals surface area contributed by atoms with E-state index >= 15 is 0 Å². The van der Waals surface area contributed by atoms with Crippen LogP contribution in [-0.2, 0) is 16.0 Å². The standard InChI is InChI=1S/C19H22N2O5/c1-24-15-6-4-5-13(11-15)9-10-20-18(22)19(23)21-14-7-8-16(25-2)17(12-14)26-3/h4-8,11-12H,9-10H2,1-3H3,(H,20,22)(H,21,23). The van der Waals surface area contributed by atoms with Crippen molar-refractivity contribution in [2.24, 2.45) is 0 Å². The molecule has 0 aliphatic rings. The summed E-state index contributed by atoms with van der Waals surface area (Å²) in [7, 11) is 4.61. The Balaban J connectivity index is 1.86. The largest absolute Gasteiger partial charge is 0.497 e. The van der Waals surface area contributed by atoms with Gasteiger partial charge in [0.1, 0.15) is 5.75 Å². The SMILES string of the molecule is COc1cccc(CCNC(=O)C(=O)Nc2ccc(OC)c(OC)c2)c1. The zero-order valence-corrected chi connectivity index (χ0v) is 15.0. The summed E-state index contributed by atoms with van der Waals surface area (Å²) in [5, 5.41) is 5.12. The Bertz CT molecular complexity index is 776. The van der Waals surface area contributed by atoms with Crippen molar-refractivity contribution in [2.45, 2.75) is 6.42 Å². The van der Waals surface area contributed by atoms with E-state index in [0.29, 0.717) is 30.2 Å². The molecule has 0 atom stereocenters. The van der Waals surface area contributed by atoms with Gasteiger partial charge in [0.05, 0.1) is 21.3 Å². The van der Waals surface area contributed by atoms with Crippen molar-refractivity contribution in [3.8, 4) is 17.2 Å². The molecule has 0 saturated carbocycles. The molecular weight excluding hydrogens is 336 g/mol. The van der Waals surface area contributed by atoms with Gasteiger partial charge in [-0.15, -0.1) is 0 Å². The van der Waals surface area contributed by atoms with E-state index in [9.17, 15) is 9.59 Å². The van der Waals surface area contributed by atoms with Crippen LogP contribution in [-0.4, -0.2) is 39.7 Å². The summed E-state index contributed by atoms with van der Waals surface area (Å²) < 4.78 is 15.4. The lowest BCUT2D eigenvalue weighted by molar-refractivity contribution is -0.136. The minimum atomic E-state index is -0.747. The molecule has 2 amide bonds. The Morgan fingerprint density at radius 1 is 0.885 bits per heavy atom. The zero-order chi connectivity index (χ0) is 18.9. The van der Waals surface area contributed by atoms with Crippen LogP contribution < -0.4 is 24.8 Å². The molecule has 138 valence electrons. The van der Waals surface area contributed by atoms with Crippen LogP contribution in [0.4, 0.5) is 5.69 Å². The predicted octanol–water partition coefficient (Wildman–Crippen LogP) is 2.01. The van der Waals surface area contributed by atoms with Crippen LogP contribution in [0.2, 0.25) is 0 Å². The average Bonchev–Trinajstić information content (AvgIpc) is 2.67. The van der Waals surface area contributed by atoms with Crippen LogP contribution in [0, 0.1) is 0 Å². The van der Waals surface area contributed by atoms with Gasteiger partial charge in [-0.25, -0.2) is 0 Å². The van der Waals surface area contributed by atoms with E-state index in [2.05, 4.69) is 10.6 Å². The number of hydrogen-bond acceptors (Lipinski definition) is 5. The summed E-state index contributed by atoms with van der Waals surface area (Å²) in [5.41, 5.74) is 1.44. The molecule has 0 aromatic heterocycles.